The van der Waals surface area contributed by atoms with E-state index in [-0.39, 0.29) is 12.3 Å². The number of carbonyl (C=O) groups is 1. The number of benzene rings is 7. The molecule has 0 radical (unpaired) electrons. The zero-order valence-corrected chi connectivity index (χ0v) is 66.4. The molecule has 0 bridgehead atoms. The molecule has 20 heteroatoms. The van der Waals surface area contributed by atoms with Gasteiger partial charge in [-0.3, -0.25) is 9.08 Å². The first-order valence-electron chi connectivity index (χ1n) is 28.6. The van der Waals surface area contributed by atoms with Gasteiger partial charge in [0.05, 0.1) is 44.5 Å². The molecule has 0 spiro atoms. The smallest absolute Gasteiger partial charge is 0.358 e. The molecular formula is C69H80I6N8O5S-2. The van der Waals surface area contributed by atoms with Crippen molar-refractivity contribution in [1.29, 1.82) is 0 Å². The van der Waals surface area contributed by atoms with Crippen molar-refractivity contribution in [3.63, 3.8) is 0 Å². The molecule has 10 aromatic rings. The predicted molar refractivity (Wildman–Crippen MR) is 412 cm³/mol. The number of aryl methyl sites for hydroxylation is 7. The number of nitrogens with zero attached hydrogens (tertiary/aromatic N) is 8. The average molecular weight is 1890 g/mol. The van der Waals surface area contributed by atoms with Gasteiger partial charge in [0.25, 0.3) is 0 Å². The van der Waals surface area contributed by atoms with Gasteiger partial charge in [0.1, 0.15) is 28.2 Å². The molecule has 3 heterocycles. The summed E-state index contributed by atoms with van der Waals surface area (Å²) in [5, 5.41) is 16.6. The summed E-state index contributed by atoms with van der Waals surface area (Å²) in [6, 6.07) is 49.8. The van der Waals surface area contributed by atoms with Gasteiger partial charge in [-0.25, -0.2) is 15.0 Å². The fourth-order valence-corrected chi connectivity index (χ4v) is 10.9. The topological polar surface area (TPSA) is 159 Å². The van der Waals surface area contributed by atoms with Gasteiger partial charge >= 0.3 is 60.6 Å². The summed E-state index contributed by atoms with van der Waals surface area (Å²) in [7, 11) is 2.16. The molecule has 89 heavy (non-hydrogen) atoms. The third-order valence-corrected chi connectivity index (χ3v) is 15.8. The van der Waals surface area contributed by atoms with Crippen molar-refractivity contribution >= 4 is 157 Å². The number of fused-ring (bicyclic) bond motifs is 3. The average Bonchev–Trinajstić information content (AvgIpc) is 1.88. The molecule has 3 aromatic heterocycles. The van der Waals surface area contributed by atoms with E-state index in [2.05, 4.69) is 222 Å². The van der Waals surface area contributed by atoms with E-state index in [1.807, 2.05) is 101 Å². The number of rotatable bonds is 18. The van der Waals surface area contributed by atoms with Crippen LogP contribution in [0.25, 0.3) is 67.3 Å². The number of hydrogen-bond donors (Lipinski definition) is 1. The summed E-state index contributed by atoms with van der Waals surface area (Å²) in [5.41, 5.74) is 18.9. The number of alkyl halides is 1. The van der Waals surface area contributed by atoms with E-state index >= 15 is 0 Å². The largest absolute Gasteiger partial charge is 0.358 e. The van der Waals surface area contributed by atoms with Crippen LogP contribution in [0.15, 0.2) is 167 Å². The van der Waals surface area contributed by atoms with Gasteiger partial charge in [-0.2, -0.15) is 8.42 Å². The normalized spacial score (nSPS) is 11.2. The molecule has 0 saturated heterocycles. The van der Waals surface area contributed by atoms with E-state index in [1.54, 1.807) is 12.1 Å². The van der Waals surface area contributed by atoms with Crippen LogP contribution < -0.4 is 13.3 Å². The monoisotopic (exact) mass is 1890 g/mol. The van der Waals surface area contributed by atoms with Crippen LogP contribution in [0.1, 0.15) is 98.2 Å². The van der Waals surface area contributed by atoms with E-state index in [0.717, 1.165) is 126 Å². The Morgan fingerprint density at radius 1 is 0.528 bits per heavy atom. The summed E-state index contributed by atoms with van der Waals surface area (Å²) in [6.07, 6.45) is 6.60. The van der Waals surface area contributed by atoms with Gasteiger partial charge in [0.15, 0.2) is 0 Å². The maximum atomic E-state index is 12.5. The Labute approximate surface area is 594 Å². The predicted octanol–water partition coefficient (Wildman–Crippen LogP) is 17.2. The molecule has 0 aliphatic rings. The van der Waals surface area contributed by atoms with Crippen molar-refractivity contribution < 1.29 is 36.0 Å². The van der Waals surface area contributed by atoms with Gasteiger partial charge in [-0.1, -0.05) is 157 Å². The number of halogens is 6. The zero-order valence-electron chi connectivity index (χ0n) is 52.6. The van der Waals surface area contributed by atoms with E-state index in [4.69, 9.17) is 24.4 Å². The standard InChI is InChI=1S/C27H29N3O3S.C20H23N3O.C20H22N2O.CH3I.CH3.I3.I2/c1-5-8-23(29-33-34(31,32)24-15-11-19(2)12-16-24)18-21-13-14-22(17-20(21)3)27-28-25-9-6-7-10-26(25)30(27)4;1-4-7-17(22-24)13-15-10-11-16(12-14(15)2)20-21-18-8-5-6-9-19(18)23(20)3;1-4-7-17(23)13-15-10-11-16(12-14(15)2)20-21-18-8-5-6-9-19(18)22(20)3;1-2;;1-3-2;1-2/h6-7,9-17H,5,8,18H2,1-4H3;5-6,8-12,24H,4,7,13H2,1-3H3;5-6,8-12H,4,7,13H2,1-3H3;1H3;1H3;;/q;;;;2*-1;/b29-23+;22-17+;;;;;. The molecule has 0 unspecified atom stereocenters. The van der Waals surface area contributed by atoms with Crippen molar-refractivity contribution in [2.45, 2.75) is 111 Å². The number of imidazole rings is 3. The number of carbonyl (C=O) groups excluding carboxylic acids is 1. The Balaban J connectivity index is 0.000000276. The molecule has 0 aliphatic carbocycles. The maximum Gasteiger partial charge on any atom is -0.358 e. The summed E-state index contributed by atoms with van der Waals surface area (Å²) in [4.78, 5) is 28.2. The van der Waals surface area contributed by atoms with Crippen LogP contribution in [-0.4, -0.2) is 64.4 Å². The summed E-state index contributed by atoms with van der Waals surface area (Å²) >= 11 is 11.7. The third kappa shape index (κ3) is 21.7. The third-order valence-electron chi connectivity index (χ3n) is 14.7. The minimum Gasteiger partial charge on any atom is -0.358 e. The van der Waals surface area contributed by atoms with Crippen molar-refractivity contribution in [3.8, 4) is 34.2 Å². The second-order valence-corrected chi connectivity index (χ2v) is 38.7. The number of hydrogen-bond acceptors (Lipinski definition) is 10. The molecule has 0 amide bonds. The Morgan fingerprint density at radius 2 is 0.865 bits per heavy atom. The van der Waals surface area contributed by atoms with Crippen molar-refractivity contribution in [2.75, 3.05) is 4.93 Å². The molecule has 13 nitrogen and oxygen atoms in total. The van der Waals surface area contributed by atoms with E-state index < -0.39 is 10.1 Å². The van der Waals surface area contributed by atoms with Crippen molar-refractivity contribution in [3.05, 3.63) is 198 Å². The van der Waals surface area contributed by atoms with Crippen LogP contribution in [0.2, 0.25) is 0 Å². The van der Waals surface area contributed by atoms with Gasteiger partial charge in [0.2, 0.25) is 0 Å². The number of aromatic nitrogens is 6. The Kier molecular flexibility index (Phi) is 34.3. The molecule has 10 rings (SSSR count). The van der Waals surface area contributed by atoms with Crippen LogP contribution in [-0.2, 0) is 59.6 Å². The zero-order chi connectivity index (χ0) is 64.5. The first-order valence-corrected chi connectivity index (χ1v) is 51.1. The molecule has 0 aliphatic heterocycles. The summed E-state index contributed by atoms with van der Waals surface area (Å²) < 4.78 is 36.5. The Bertz CT molecular complexity index is 4070. The molecule has 7 aromatic carbocycles. The minimum absolute atomic E-state index is 0. The van der Waals surface area contributed by atoms with Crippen LogP contribution in [0.4, 0.5) is 0 Å². The molecule has 0 saturated carbocycles. The van der Waals surface area contributed by atoms with Crippen LogP contribution in [0.3, 0.4) is 0 Å². The van der Waals surface area contributed by atoms with Gasteiger partial charge in [0, 0.05) is 101 Å². The van der Waals surface area contributed by atoms with Gasteiger partial charge < -0.3 is 26.3 Å². The van der Waals surface area contributed by atoms with Crippen molar-refractivity contribution in [1.82, 2.24) is 28.7 Å². The number of oxime groups is 2. The van der Waals surface area contributed by atoms with Gasteiger partial charge in [-0.05, 0) is 152 Å². The number of Topliss-reactive ketones (excluding diaryl/α,β-unsaturated/α-hetero) is 1. The Hall–Kier alpha value is -4.11. The first-order chi connectivity index (χ1) is 42.4. The quantitative estimate of drug-likeness (QED) is 0.0222. The SMILES string of the molecule is CCC/C(Cc1ccc(-c2nc3ccccc3n2C)cc1C)=N\O.CCC/C(Cc1ccc(-c2nc3ccccc3n2C)cc1C)=N\OS(=O)(=O)c1ccc(C)cc1.CCCC(=O)Cc1ccc(-c2nc3ccccc3n2C)cc1C.CI.II.I[I-]I.[CH3-]. The van der Waals surface area contributed by atoms with Crippen LogP contribution >= 0.6 is 97.1 Å². The molecule has 476 valence electrons. The Morgan fingerprint density at radius 3 is 1.20 bits per heavy atom. The number of ketones is 1. The molecule has 0 fully saturated rings. The second-order valence-electron chi connectivity index (χ2n) is 20.9. The summed E-state index contributed by atoms with van der Waals surface area (Å²) in [6.45, 7) is 14.3. The van der Waals surface area contributed by atoms with Crippen molar-refractivity contribution in [2.24, 2.45) is 31.5 Å². The number of para-hydroxylation sites is 6. The summed E-state index contributed by atoms with van der Waals surface area (Å²) in [5.74, 6) is 3.15. The van der Waals surface area contributed by atoms with E-state index in [0.29, 0.717) is 56.9 Å². The van der Waals surface area contributed by atoms with E-state index in [9.17, 15) is 13.2 Å². The first kappa shape index (κ1) is 77.3. The van der Waals surface area contributed by atoms with E-state index in [1.165, 1.54) is 23.3 Å². The fraction of sp³-hybridized carbons (Fsp3) is 0.290. The maximum absolute atomic E-state index is 12.5. The second kappa shape index (κ2) is 39.4. The van der Waals surface area contributed by atoms with Crippen LogP contribution in [0.5, 0.6) is 0 Å². The molecular weight excluding hydrogens is 1810 g/mol. The van der Waals surface area contributed by atoms with Crippen LogP contribution in [0, 0.1) is 35.1 Å². The van der Waals surface area contributed by atoms with Gasteiger partial charge in [-0.15, -0.1) is 0 Å². The molecule has 1 N–H and O–H groups in total. The molecule has 0 atom stereocenters. The fourth-order valence-electron chi connectivity index (χ4n) is 10.1. The minimum atomic E-state index is -3.95.